The van der Waals surface area contributed by atoms with E-state index in [4.69, 9.17) is 4.74 Å². The van der Waals surface area contributed by atoms with Gasteiger partial charge in [0.1, 0.15) is 12.6 Å². The van der Waals surface area contributed by atoms with Gasteiger partial charge in [0, 0.05) is 36.2 Å². The highest BCUT2D eigenvalue weighted by Crippen LogP contribution is 2.35. The number of hydrogen-bond donors (Lipinski definition) is 4. The minimum absolute atomic E-state index is 0.148. The SMILES string of the molecule is CNC(=O)OCc1ccccc1-c1ccc(CN2C(=O)[C@H](NC(=O)CC(C)(C)NC[C@@H](C)O)CSc3ccccc32)cc1. The van der Waals surface area contributed by atoms with Crippen LogP contribution >= 0.6 is 11.8 Å². The first-order chi connectivity index (χ1) is 20.6. The smallest absolute Gasteiger partial charge is 0.407 e. The molecular formula is C33H40N4O5S. The highest BCUT2D eigenvalue weighted by atomic mass is 32.2. The zero-order chi connectivity index (χ0) is 31.0. The molecule has 0 saturated heterocycles. The molecule has 0 radical (unpaired) electrons. The molecule has 9 nitrogen and oxygen atoms in total. The second-order valence-electron chi connectivity index (χ2n) is 11.3. The van der Waals surface area contributed by atoms with Gasteiger partial charge in [-0.1, -0.05) is 60.7 Å². The summed E-state index contributed by atoms with van der Waals surface area (Å²) in [5.74, 6) is 0.0330. The third kappa shape index (κ3) is 8.82. The van der Waals surface area contributed by atoms with Gasteiger partial charge in [-0.2, -0.15) is 0 Å². The summed E-state index contributed by atoms with van der Waals surface area (Å²) in [5.41, 5.74) is 4.02. The molecule has 0 saturated carbocycles. The van der Waals surface area contributed by atoms with Crippen LogP contribution in [-0.2, 0) is 27.5 Å². The Labute approximate surface area is 257 Å². The number of nitrogens with one attached hydrogen (secondary N) is 3. The second kappa shape index (κ2) is 14.5. The van der Waals surface area contributed by atoms with Gasteiger partial charge in [0.2, 0.25) is 5.91 Å². The van der Waals surface area contributed by atoms with E-state index in [1.165, 1.54) is 7.05 Å². The molecule has 43 heavy (non-hydrogen) atoms. The van der Waals surface area contributed by atoms with E-state index < -0.39 is 23.8 Å². The molecule has 1 aliphatic heterocycles. The van der Waals surface area contributed by atoms with E-state index in [0.717, 1.165) is 32.8 Å². The molecule has 4 N–H and O–H groups in total. The molecule has 1 aliphatic rings. The van der Waals surface area contributed by atoms with Crippen LogP contribution in [0.3, 0.4) is 0 Å². The molecule has 0 aliphatic carbocycles. The van der Waals surface area contributed by atoms with Crippen molar-refractivity contribution in [3.8, 4) is 11.1 Å². The van der Waals surface area contributed by atoms with E-state index in [-0.39, 0.29) is 24.8 Å². The van der Waals surface area contributed by atoms with Gasteiger partial charge in [0.15, 0.2) is 0 Å². The Bertz CT molecular complexity index is 1430. The summed E-state index contributed by atoms with van der Waals surface area (Å²) in [7, 11) is 1.52. The summed E-state index contributed by atoms with van der Waals surface area (Å²) in [6, 6.07) is 22.8. The van der Waals surface area contributed by atoms with Crippen LogP contribution in [0.1, 0.15) is 38.3 Å². The van der Waals surface area contributed by atoms with Crippen LogP contribution in [0.15, 0.2) is 77.7 Å². The fraction of sp³-hybridized carbons (Fsp3) is 0.364. The summed E-state index contributed by atoms with van der Waals surface area (Å²) in [6.45, 7) is 6.35. The summed E-state index contributed by atoms with van der Waals surface area (Å²) < 4.78 is 5.27. The number of nitrogens with zero attached hydrogens (tertiary/aromatic N) is 1. The van der Waals surface area contributed by atoms with E-state index in [9.17, 15) is 19.5 Å². The number of alkyl carbamates (subject to hydrolysis) is 1. The summed E-state index contributed by atoms with van der Waals surface area (Å²) >= 11 is 1.55. The minimum Gasteiger partial charge on any atom is -0.445 e. The zero-order valence-electron chi connectivity index (χ0n) is 25.1. The van der Waals surface area contributed by atoms with E-state index in [2.05, 4.69) is 16.0 Å². The average molecular weight is 605 g/mol. The number of aliphatic hydroxyl groups is 1. The van der Waals surface area contributed by atoms with Crippen LogP contribution < -0.4 is 20.9 Å². The Morgan fingerprint density at radius 2 is 1.77 bits per heavy atom. The Morgan fingerprint density at radius 1 is 1.07 bits per heavy atom. The fourth-order valence-corrected chi connectivity index (χ4v) is 5.94. The van der Waals surface area contributed by atoms with Gasteiger partial charge in [-0.3, -0.25) is 9.59 Å². The molecule has 228 valence electrons. The van der Waals surface area contributed by atoms with E-state index in [0.29, 0.717) is 18.8 Å². The Kier molecular flexibility index (Phi) is 10.8. The van der Waals surface area contributed by atoms with Crippen LogP contribution in [0, 0.1) is 0 Å². The Balaban J connectivity index is 1.51. The number of β-amino-alcohol motifs (C(OH)–C–C–N with tert-alkyl or cyclic N) is 1. The quantitative estimate of drug-likeness (QED) is 0.255. The van der Waals surface area contributed by atoms with Gasteiger partial charge in [-0.05, 0) is 55.2 Å². The van der Waals surface area contributed by atoms with Crippen molar-refractivity contribution >= 4 is 35.4 Å². The predicted octanol–water partition coefficient (Wildman–Crippen LogP) is 4.47. The lowest BCUT2D eigenvalue weighted by Gasteiger charge is -2.29. The largest absolute Gasteiger partial charge is 0.445 e. The standard InChI is InChI=1S/C33H40N4O5S/c1-22(38)18-35-33(2,3)17-30(39)36-27-21-43-29-12-8-7-11-28(29)37(31(27)40)19-23-13-15-24(16-14-23)26-10-6-5-9-25(26)20-42-32(41)34-4/h5-16,22,27,35,38H,17-21H2,1-4H3,(H,34,41)(H,36,39)/t22-,27-/m1/s1. The molecule has 10 heteroatoms. The third-order valence-electron chi connectivity index (χ3n) is 7.13. The van der Waals surface area contributed by atoms with Crippen molar-refractivity contribution in [2.24, 2.45) is 0 Å². The highest BCUT2D eigenvalue weighted by Gasteiger charge is 2.33. The van der Waals surface area contributed by atoms with Crippen molar-refractivity contribution in [3.05, 3.63) is 83.9 Å². The van der Waals surface area contributed by atoms with Gasteiger partial charge in [-0.15, -0.1) is 11.8 Å². The number of ether oxygens (including phenoxy) is 1. The van der Waals surface area contributed by atoms with Crippen molar-refractivity contribution < 1.29 is 24.2 Å². The molecule has 0 unspecified atom stereocenters. The maximum Gasteiger partial charge on any atom is 0.407 e. The number of thioether (sulfide) groups is 1. The van der Waals surface area contributed by atoms with Crippen LogP contribution in [0.2, 0.25) is 0 Å². The maximum absolute atomic E-state index is 13.9. The van der Waals surface area contributed by atoms with E-state index in [1.807, 2.05) is 86.6 Å². The number of carbonyl (C=O) groups excluding carboxylic acids is 3. The molecule has 2 atom stereocenters. The second-order valence-corrected chi connectivity index (χ2v) is 12.4. The van der Waals surface area contributed by atoms with Crippen molar-refractivity contribution in [1.82, 2.24) is 16.0 Å². The Hall–Kier alpha value is -3.86. The lowest BCUT2D eigenvalue weighted by atomic mass is 9.99. The highest BCUT2D eigenvalue weighted by molar-refractivity contribution is 7.99. The lowest BCUT2D eigenvalue weighted by Crippen LogP contribution is -2.52. The van der Waals surface area contributed by atoms with Gasteiger partial charge >= 0.3 is 6.09 Å². The van der Waals surface area contributed by atoms with Crippen LogP contribution in [0.5, 0.6) is 0 Å². The van der Waals surface area contributed by atoms with Crippen molar-refractivity contribution in [3.63, 3.8) is 0 Å². The van der Waals surface area contributed by atoms with Crippen LogP contribution in [0.25, 0.3) is 11.1 Å². The van der Waals surface area contributed by atoms with E-state index in [1.54, 1.807) is 23.6 Å². The minimum atomic E-state index is -0.691. The van der Waals surface area contributed by atoms with Crippen molar-refractivity contribution in [2.75, 3.05) is 24.2 Å². The zero-order valence-corrected chi connectivity index (χ0v) is 25.9. The molecule has 0 fully saturated rings. The first-order valence-corrected chi connectivity index (χ1v) is 15.3. The lowest BCUT2D eigenvalue weighted by molar-refractivity contribution is -0.127. The third-order valence-corrected chi connectivity index (χ3v) is 8.28. The fourth-order valence-electron chi connectivity index (χ4n) is 4.87. The van der Waals surface area contributed by atoms with Crippen molar-refractivity contribution in [1.29, 1.82) is 0 Å². The Morgan fingerprint density at radius 3 is 2.49 bits per heavy atom. The number of anilines is 1. The summed E-state index contributed by atoms with van der Waals surface area (Å²) in [5, 5.41) is 18.2. The van der Waals surface area contributed by atoms with Gasteiger partial charge in [0.05, 0.1) is 18.3 Å². The molecule has 1 heterocycles. The normalized spacial score (nSPS) is 15.7. The van der Waals surface area contributed by atoms with Crippen molar-refractivity contribution in [2.45, 2.75) is 62.9 Å². The van der Waals surface area contributed by atoms with Gasteiger partial charge < -0.3 is 30.7 Å². The average Bonchev–Trinajstić information content (AvgIpc) is 3.11. The maximum atomic E-state index is 13.9. The first kappa shape index (κ1) is 32.1. The topological polar surface area (TPSA) is 120 Å². The number of fused-ring (bicyclic) bond motifs is 1. The van der Waals surface area contributed by atoms with Gasteiger partial charge in [-0.25, -0.2) is 4.79 Å². The van der Waals surface area contributed by atoms with E-state index >= 15 is 0 Å². The summed E-state index contributed by atoms with van der Waals surface area (Å²) in [6.07, 6.45) is -0.851. The van der Waals surface area contributed by atoms with Gasteiger partial charge in [0.25, 0.3) is 5.91 Å². The molecule has 0 aromatic heterocycles. The molecule has 3 aromatic rings. The number of aliphatic hydroxyl groups excluding tert-OH is 1. The molecule has 3 amide bonds. The first-order valence-electron chi connectivity index (χ1n) is 14.3. The number of benzene rings is 3. The number of para-hydroxylation sites is 1. The molecule has 0 spiro atoms. The number of hydrogen-bond acceptors (Lipinski definition) is 7. The molecule has 3 aromatic carbocycles. The number of rotatable bonds is 11. The van der Waals surface area contributed by atoms with Crippen LogP contribution in [-0.4, -0.2) is 60.0 Å². The number of carbonyl (C=O) groups is 3. The molecule has 0 bridgehead atoms. The predicted molar refractivity (Wildman–Crippen MR) is 170 cm³/mol. The number of amides is 3. The molecular weight excluding hydrogens is 564 g/mol. The molecule has 4 rings (SSSR count). The monoisotopic (exact) mass is 604 g/mol. The summed E-state index contributed by atoms with van der Waals surface area (Å²) in [4.78, 5) is 41.3. The van der Waals surface area contributed by atoms with Crippen LogP contribution in [0.4, 0.5) is 10.5 Å².